The molecule has 12 heteroatoms. The summed E-state index contributed by atoms with van der Waals surface area (Å²) in [7, 11) is 3.70. The third-order valence-corrected chi connectivity index (χ3v) is 6.72. The first-order chi connectivity index (χ1) is 18.4. The molecule has 2 aromatic rings. The highest BCUT2D eigenvalue weighted by Crippen LogP contribution is 2.44. The Bertz CT molecular complexity index is 1290. The molecular weight excluding hydrogens is 513 g/mol. The zero-order chi connectivity index (χ0) is 28.5. The first-order valence-corrected chi connectivity index (χ1v) is 12.5. The number of nitrogens with one attached hydrogen (secondary N) is 1. The second kappa shape index (κ2) is 11.0. The summed E-state index contributed by atoms with van der Waals surface area (Å²) in [5.41, 5.74) is 6.45. The summed E-state index contributed by atoms with van der Waals surface area (Å²) >= 11 is 0. The molecule has 2 aliphatic rings. The molecule has 0 aliphatic carbocycles. The number of alkyl halides is 3. The second-order valence-electron chi connectivity index (χ2n) is 9.70. The largest absolute Gasteiger partial charge is 0.416 e. The lowest BCUT2D eigenvalue weighted by Gasteiger charge is -2.41. The standard InChI is InChI=1S/C27H31F3N6O3/c1-4-34-15-21-23(25(34)38)24(17-8-10-19(31)11-9-17)35(16-22(37)32-12-13-33(2)3)26(39)36(21)20-7-5-6-18(14-20)27(28,29)30/h5-11,14,24H,4,12-13,15-16,31H2,1-3H3,(H,32,37)/t24-/m1/s1. The first kappa shape index (κ1) is 28.0. The van der Waals surface area contributed by atoms with Crippen molar-refractivity contribution in [3.63, 3.8) is 0 Å². The molecule has 0 aromatic heterocycles. The molecule has 0 saturated carbocycles. The van der Waals surface area contributed by atoms with Crippen LogP contribution in [-0.2, 0) is 15.8 Å². The molecule has 3 N–H and O–H groups in total. The fraction of sp³-hybridized carbons (Fsp3) is 0.370. The maximum absolute atomic E-state index is 14.1. The van der Waals surface area contributed by atoms with Crippen molar-refractivity contribution in [2.75, 3.05) is 57.5 Å². The van der Waals surface area contributed by atoms with E-state index in [1.807, 2.05) is 19.0 Å². The lowest BCUT2D eigenvalue weighted by Crippen LogP contribution is -2.53. The predicted octanol–water partition coefficient (Wildman–Crippen LogP) is 3.06. The minimum atomic E-state index is -4.63. The van der Waals surface area contributed by atoms with Crippen LogP contribution in [0, 0.1) is 0 Å². The van der Waals surface area contributed by atoms with Gasteiger partial charge in [-0.1, -0.05) is 18.2 Å². The summed E-state index contributed by atoms with van der Waals surface area (Å²) in [4.78, 5) is 46.4. The number of anilines is 2. The van der Waals surface area contributed by atoms with E-state index in [2.05, 4.69) is 5.32 Å². The smallest absolute Gasteiger partial charge is 0.399 e. The Balaban J connectivity index is 1.84. The lowest BCUT2D eigenvalue weighted by atomic mass is 9.93. The number of hydrogen-bond donors (Lipinski definition) is 2. The second-order valence-corrected chi connectivity index (χ2v) is 9.70. The van der Waals surface area contributed by atoms with E-state index in [1.165, 1.54) is 21.9 Å². The van der Waals surface area contributed by atoms with Crippen molar-refractivity contribution in [3.8, 4) is 0 Å². The molecule has 0 radical (unpaired) electrons. The van der Waals surface area contributed by atoms with Gasteiger partial charge in [-0.05, 0) is 56.9 Å². The molecule has 208 valence electrons. The van der Waals surface area contributed by atoms with Crippen LogP contribution in [0.1, 0.15) is 24.1 Å². The molecule has 4 amide bonds. The van der Waals surface area contributed by atoms with Crippen LogP contribution in [0.15, 0.2) is 59.8 Å². The number of carbonyl (C=O) groups excluding carboxylic acids is 3. The number of nitrogens with zero attached hydrogens (tertiary/aromatic N) is 4. The zero-order valence-electron chi connectivity index (χ0n) is 22.0. The Morgan fingerprint density at radius 3 is 2.44 bits per heavy atom. The van der Waals surface area contributed by atoms with Crippen LogP contribution in [0.25, 0.3) is 0 Å². The molecule has 4 rings (SSSR count). The topological polar surface area (TPSA) is 102 Å². The van der Waals surface area contributed by atoms with Gasteiger partial charge in [-0.25, -0.2) is 4.79 Å². The number of carbonyl (C=O) groups is 3. The average molecular weight is 545 g/mol. The van der Waals surface area contributed by atoms with Gasteiger partial charge in [0.25, 0.3) is 5.91 Å². The molecule has 2 aromatic carbocycles. The maximum Gasteiger partial charge on any atom is 0.416 e. The SMILES string of the molecule is CCN1CC2=C(C1=O)[C@@H](c1ccc(N)cc1)N(CC(=O)NCCN(C)C)C(=O)N2c1cccc(C(F)(F)F)c1. The molecule has 2 aliphatic heterocycles. The molecule has 0 fully saturated rings. The number of rotatable bonds is 8. The van der Waals surface area contributed by atoms with Crippen molar-refractivity contribution in [2.45, 2.75) is 19.1 Å². The van der Waals surface area contributed by atoms with Gasteiger partial charge < -0.3 is 25.8 Å². The van der Waals surface area contributed by atoms with E-state index in [1.54, 1.807) is 31.2 Å². The number of urea groups is 1. The van der Waals surface area contributed by atoms with Crippen molar-refractivity contribution >= 4 is 29.2 Å². The molecule has 39 heavy (non-hydrogen) atoms. The molecule has 2 heterocycles. The van der Waals surface area contributed by atoms with E-state index in [4.69, 9.17) is 5.73 Å². The summed E-state index contributed by atoms with van der Waals surface area (Å²) < 4.78 is 40.7. The number of likely N-dealkylation sites (N-methyl/N-ethyl adjacent to an activating group) is 2. The zero-order valence-corrected chi connectivity index (χ0v) is 22.0. The summed E-state index contributed by atoms with van der Waals surface area (Å²) in [6.45, 7) is 2.63. The number of benzene rings is 2. The Hall–Kier alpha value is -4.06. The van der Waals surface area contributed by atoms with Crippen LogP contribution in [0.3, 0.4) is 0 Å². The van der Waals surface area contributed by atoms with Crippen LogP contribution in [-0.4, -0.2) is 79.4 Å². The summed E-state index contributed by atoms with van der Waals surface area (Å²) in [5.74, 6) is -0.812. The van der Waals surface area contributed by atoms with Crippen LogP contribution >= 0.6 is 0 Å². The summed E-state index contributed by atoms with van der Waals surface area (Å²) in [5, 5.41) is 2.76. The number of amides is 4. The van der Waals surface area contributed by atoms with Gasteiger partial charge >= 0.3 is 12.2 Å². The van der Waals surface area contributed by atoms with Crippen LogP contribution < -0.4 is 16.0 Å². The molecule has 0 saturated heterocycles. The third-order valence-electron chi connectivity index (χ3n) is 6.72. The monoisotopic (exact) mass is 544 g/mol. The van der Waals surface area contributed by atoms with Gasteiger partial charge in [-0.15, -0.1) is 0 Å². The normalized spacial score (nSPS) is 17.8. The van der Waals surface area contributed by atoms with E-state index in [9.17, 15) is 27.6 Å². The van der Waals surface area contributed by atoms with E-state index in [0.29, 0.717) is 30.9 Å². The molecule has 0 spiro atoms. The highest BCUT2D eigenvalue weighted by Gasteiger charge is 2.49. The van der Waals surface area contributed by atoms with Gasteiger partial charge in [-0.2, -0.15) is 13.2 Å². The fourth-order valence-corrected chi connectivity index (χ4v) is 4.76. The maximum atomic E-state index is 14.1. The first-order valence-electron chi connectivity index (χ1n) is 12.5. The van der Waals surface area contributed by atoms with Crippen molar-refractivity contribution < 1.29 is 27.6 Å². The fourth-order valence-electron chi connectivity index (χ4n) is 4.76. The van der Waals surface area contributed by atoms with Crippen LogP contribution in [0.4, 0.5) is 29.3 Å². The Morgan fingerprint density at radius 1 is 1.13 bits per heavy atom. The Morgan fingerprint density at radius 2 is 1.82 bits per heavy atom. The highest BCUT2D eigenvalue weighted by molar-refractivity contribution is 6.08. The number of hydrogen-bond acceptors (Lipinski definition) is 5. The minimum Gasteiger partial charge on any atom is -0.399 e. The molecule has 0 unspecified atom stereocenters. The summed E-state index contributed by atoms with van der Waals surface area (Å²) in [6.07, 6.45) is -4.63. The molecular formula is C27H31F3N6O3. The van der Waals surface area contributed by atoms with Crippen molar-refractivity contribution in [1.29, 1.82) is 0 Å². The van der Waals surface area contributed by atoms with Gasteiger partial charge in [0.2, 0.25) is 5.91 Å². The number of nitrogens with two attached hydrogens (primary N) is 1. The van der Waals surface area contributed by atoms with Crippen molar-refractivity contribution in [1.82, 2.24) is 20.0 Å². The number of nitrogen functional groups attached to an aromatic ring is 1. The van der Waals surface area contributed by atoms with Crippen LogP contribution in [0.5, 0.6) is 0 Å². The van der Waals surface area contributed by atoms with Gasteiger partial charge in [0.05, 0.1) is 35.1 Å². The Labute approximate surface area is 224 Å². The molecule has 1 atom stereocenters. The minimum absolute atomic E-state index is 0.0400. The van der Waals surface area contributed by atoms with Crippen molar-refractivity contribution in [2.24, 2.45) is 0 Å². The van der Waals surface area contributed by atoms with Gasteiger partial charge in [-0.3, -0.25) is 14.5 Å². The van der Waals surface area contributed by atoms with Gasteiger partial charge in [0.1, 0.15) is 6.54 Å². The van der Waals surface area contributed by atoms with Crippen molar-refractivity contribution in [3.05, 3.63) is 70.9 Å². The van der Waals surface area contributed by atoms with E-state index in [-0.39, 0.29) is 29.4 Å². The number of halogens is 3. The predicted molar refractivity (Wildman–Crippen MR) is 140 cm³/mol. The third kappa shape index (κ3) is 5.70. The highest BCUT2D eigenvalue weighted by atomic mass is 19.4. The van der Waals surface area contributed by atoms with Crippen LogP contribution in [0.2, 0.25) is 0 Å². The average Bonchev–Trinajstić information content (AvgIpc) is 3.20. The van der Waals surface area contributed by atoms with E-state index in [0.717, 1.165) is 17.0 Å². The molecule has 0 bridgehead atoms. The van der Waals surface area contributed by atoms with Gasteiger partial charge in [0.15, 0.2) is 0 Å². The van der Waals surface area contributed by atoms with E-state index >= 15 is 0 Å². The lowest BCUT2D eigenvalue weighted by molar-refractivity contribution is -0.137. The molecule has 9 nitrogen and oxygen atoms in total. The Kier molecular flexibility index (Phi) is 7.86. The quantitative estimate of drug-likeness (QED) is 0.498. The van der Waals surface area contributed by atoms with E-state index < -0.39 is 36.3 Å². The van der Waals surface area contributed by atoms with Gasteiger partial charge in [0, 0.05) is 25.3 Å². The summed E-state index contributed by atoms with van der Waals surface area (Å²) in [6, 6.07) is 9.37.